The lowest BCUT2D eigenvalue weighted by atomic mass is 9.87. The van der Waals surface area contributed by atoms with Crippen molar-refractivity contribution >= 4 is 33.2 Å². The van der Waals surface area contributed by atoms with Crippen molar-refractivity contribution in [1.29, 1.82) is 0 Å². The molecule has 0 saturated heterocycles. The predicted octanol–water partition coefficient (Wildman–Crippen LogP) is 5.26. The molecule has 3 aromatic rings. The number of carbonyl (C=O) groups is 1. The normalized spacial score (nSPS) is 15.7. The molecule has 0 radical (unpaired) electrons. The fraction of sp³-hybridized carbons (Fsp3) is 0.208. The van der Waals surface area contributed by atoms with E-state index in [1.807, 2.05) is 37.3 Å². The molecule has 5 nitrogen and oxygen atoms in total. The van der Waals surface area contributed by atoms with E-state index < -0.39 is 10.0 Å². The first-order valence-corrected chi connectivity index (χ1v) is 12.0. The smallest absolute Gasteiger partial charge is 0.263 e. The second kappa shape index (κ2) is 8.73. The van der Waals surface area contributed by atoms with Gasteiger partial charge in [0, 0.05) is 11.3 Å². The van der Waals surface area contributed by atoms with Crippen molar-refractivity contribution in [3.05, 3.63) is 94.0 Å². The van der Waals surface area contributed by atoms with Crippen LogP contribution in [-0.2, 0) is 16.4 Å². The van der Waals surface area contributed by atoms with E-state index in [-0.39, 0.29) is 27.4 Å². The minimum Gasteiger partial charge on any atom is -0.345 e. The minimum absolute atomic E-state index is 0.0548. The maximum absolute atomic E-state index is 12.9. The van der Waals surface area contributed by atoms with Crippen LogP contribution in [0.1, 0.15) is 45.9 Å². The highest BCUT2D eigenvalue weighted by Crippen LogP contribution is 2.30. The zero-order valence-electron chi connectivity index (χ0n) is 17.1. The molecule has 1 amide bonds. The molecule has 1 aliphatic rings. The molecule has 160 valence electrons. The van der Waals surface area contributed by atoms with Crippen molar-refractivity contribution in [3.8, 4) is 0 Å². The van der Waals surface area contributed by atoms with Crippen LogP contribution >= 0.6 is 11.6 Å². The van der Waals surface area contributed by atoms with Gasteiger partial charge in [0.1, 0.15) is 4.90 Å². The minimum atomic E-state index is -3.96. The van der Waals surface area contributed by atoms with Gasteiger partial charge in [-0.2, -0.15) is 0 Å². The van der Waals surface area contributed by atoms with Crippen LogP contribution in [0.3, 0.4) is 0 Å². The van der Waals surface area contributed by atoms with Gasteiger partial charge in [-0.3, -0.25) is 9.52 Å². The molecule has 0 saturated carbocycles. The van der Waals surface area contributed by atoms with E-state index in [0.717, 1.165) is 30.4 Å². The lowest BCUT2D eigenvalue weighted by Gasteiger charge is -2.26. The molecule has 0 unspecified atom stereocenters. The zero-order valence-corrected chi connectivity index (χ0v) is 18.6. The Morgan fingerprint density at radius 3 is 2.55 bits per heavy atom. The summed E-state index contributed by atoms with van der Waals surface area (Å²) in [4.78, 5) is 12.8. The predicted molar refractivity (Wildman–Crippen MR) is 123 cm³/mol. The summed E-state index contributed by atoms with van der Waals surface area (Å²) in [5.74, 6) is -0.329. The van der Waals surface area contributed by atoms with E-state index in [1.54, 1.807) is 12.1 Å². The number of halogens is 1. The van der Waals surface area contributed by atoms with Crippen LogP contribution in [0.5, 0.6) is 0 Å². The van der Waals surface area contributed by atoms with E-state index >= 15 is 0 Å². The van der Waals surface area contributed by atoms with Crippen molar-refractivity contribution < 1.29 is 13.2 Å². The molecule has 3 aromatic carbocycles. The van der Waals surface area contributed by atoms with Crippen molar-refractivity contribution in [2.24, 2.45) is 0 Å². The molecule has 7 heteroatoms. The number of sulfonamides is 1. The van der Waals surface area contributed by atoms with Gasteiger partial charge in [0.2, 0.25) is 0 Å². The van der Waals surface area contributed by atoms with Gasteiger partial charge >= 0.3 is 0 Å². The van der Waals surface area contributed by atoms with Gasteiger partial charge in [0.05, 0.1) is 11.1 Å². The Morgan fingerprint density at radius 1 is 1.03 bits per heavy atom. The number of nitrogens with one attached hydrogen (secondary N) is 2. The molecule has 0 heterocycles. The molecule has 0 spiro atoms. The van der Waals surface area contributed by atoms with Gasteiger partial charge in [-0.05, 0) is 67.6 Å². The number of hydrogen-bond acceptors (Lipinski definition) is 3. The average molecular weight is 455 g/mol. The molecule has 4 rings (SSSR count). The van der Waals surface area contributed by atoms with E-state index in [9.17, 15) is 13.2 Å². The molecule has 1 atom stereocenters. The Balaban J connectivity index is 1.57. The Hall–Kier alpha value is -2.83. The molecule has 2 N–H and O–H groups in total. The lowest BCUT2D eigenvalue weighted by molar-refractivity contribution is 0.0932. The summed E-state index contributed by atoms with van der Waals surface area (Å²) in [5.41, 5.74) is 4.04. The molecule has 0 aliphatic heterocycles. The number of amides is 1. The van der Waals surface area contributed by atoms with Crippen LogP contribution in [0.25, 0.3) is 0 Å². The molecular weight excluding hydrogens is 432 g/mol. The number of carbonyl (C=O) groups excluding carboxylic acids is 1. The number of hydrogen-bond donors (Lipinski definition) is 2. The molecule has 0 fully saturated rings. The summed E-state index contributed by atoms with van der Waals surface area (Å²) in [6.45, 7) is 1.92. The highest BCUT2D eigenvalue weighted by atomic mass is 35.5. The quantitative estimate of drug-likeness (QED) is 0.552. The van der Waals surface area contributed by atoms with E-state index in [0.29, 0.717) is 5.69 Å². The van der Waals surface area contributed by atoms with E-state index in [2.05, 4.69) is 16.1 Å². The molecular formula is C24H23ClN2O3S. The largest absolute Gasteiger partial charge is 0.345 e. The first-order valence-electron chi connectivity index (χ1n) is 10.1. The summed E-state index contributed by atoms with van der Waals surface area (Å²) >= 11 is 6.18. The Bertz CT molecular complexity index is 1220. The van der Waals surface area contributed by atoms with Gasteiger partial charge in [-0.1, -0.05) is 53.6 Å². The highest BCUT2D eigenvalue weighted by molar-refractivity contribution is 7.92. The molecule has 0 aromatic heterocycles. The summed E-state index contributed by atoms with van der Waals surface area (Å²) in [5, 5.41) is 3.10. The van der Waals surface area contributed by atoms with Gasteiger partial charge < -0.3 is 5.32 Å². The van der Waals surface area contributed by atoms with Crippen molar-refractivity contribution in [2.75, 3.05) is 4.72 Å². The van der Waals surface area contributed by atoms with Gasteiger partial charge in [-0.15, -0.1) is 0 Å². The molecule has 0 bridgehead atoms. The van der Waals surface area contributed by atoms with Crippen LogP contribution in [-0.4, -0.2) is 14.3 Å². The summed E-state index contributed by atoms with van der Waals surface area (Å²) < 4.78 is 28.3. The summed E-state index contributed by atoms with van der Waals surface area (Å²) in [6, 6.07) is 19.3. The van der Waals surface area contributed by atoms with E-state index in [1.165, 1.54) is 23.8 Å². The first-order chi connectivity index (χ1) is 14.8. The highest BCUT2D eigenvalue weighted by Gasteiger charge is 2.24. The van der Waals surface area contributed by atoms with E-state index in [4.69, 9.17) is 11.6 Å². The third kappa shape index (κ3) is 4.75. The van der Waals surface area contributed by atoms with Crippen LogP contribution in [0.2, 0.25) is 5.02 Å². The average Bonchev–Trinajstić information content (AvgIpc) is 2.75. The topological polar surface area (TPSA) is 75.3 Å². The fourth-order valence-corrected chi connectivity index (χ4v) is 5.41. The summed E-state index contributed by atoms with van der Waals surface area (Å²) in [6.07, 6.45) is 2.83. The van der Waals surface area contributed by atoms with Crippen molar-refractivity contribution in [2.45, 2.75) is 37.1 Å². The van der Waals surface area contributed by atoms with Crippen LogP contribution in [0, 0.1) is 6.92 Å². The maximum atomic E-state index is 12.9. The van der Waals surface area contributed by atoms with Gasteiger partial charge in [0.25, 0.3) is 15.9 Å². The van der Waals surface area contributed by atoms with Gasteiger partial charge in [-0.25, -0.2) is 8.42 Å². The number of benzene rings is 3. The third-order valence-corrected chi connectivity index (χ3v) is 7.32. The first kappa shape index (κ1) is 21.4. The van der Waals surface area contributed by atoms with Crippen LogP contribution < -0.4 is 10.0 Å². The molecule has 31 heavy (non-hydrogen) atoms. The second-order valence-corrected chi connectivity index (χ2v) is 9.79. The van der Waals surface area contributed by atoms with Crippen LogP contribution in [0.4, 0.5) is 5.69 Å². The standard InChI is InChI=1S/C24H23ClN2O3S/c1-16-9-12-19(13-10-16)27-31(29,30)23-15-18(11-14-21(23)25)24(28)26-22-8-4-6-17-5-2-3-7-20(17)22/h2-3,5,7,9-15,22,27H,4,6,8H2,1H3,(H,26,28)/t22-/m0/s1. The SMILES string of the molecule is Cc1ccc(NS(=O)(=O)c2cc(C(=O)N[C@H]3CCCc4ccccc43)ccc2Cl)cc1. The fourth-order valence-electron chi connectivity index (χ4n) is 3.83. The molecule has 1 aliphatic carbocycles. The Kier molecular flexibility index (Phi) is 6.03. The van der Waals surface area contributed by atoms with Gasteiger partial charge in [0.15, 0.2) is 0 Å². The second-order valence-electron chi connectivity index (χ2n) is 7.73. The zero-order chi connectivity index (χ0) is 22.0. The number of aryl methyl sites for hydroxylation is 2. The number of rotatable bonds is 5. The lowest BCUT2D eigenvalue weighted by Crippen LogP contribution is -2.31. The third-order valence-electron chi connectivity index (χ3n) is 5.46. The maximum Gasteiger partial charge on any atom is 0.263 e. The Labute approximate surface area is 187 Å². The van der Waals surface area contributed by atoms with Crippen LogP contribution in [0.15, 0.2) is 71.6 Å². The monoisotopic (exact) mass is 454 g/mol. The summed E-state index contributed by atoms with van der Waals surface area (Å²) in [7, 11) is -3.96. The Morgan fingerprint density at radius 2 is 1.77 bits per heavy atom. The van der Waals surface area contributed by atoms with Crippen molar-refractivity contribution in [3.63, 3.8) is 0 Å². The number of anilines is 1. The number of fused-ring (bicyclic) bond motifs is 1. The van der Waals surface area contributed by atoms with Crippen molar-refractivity contribution in [1.82, 2.24) is 5.32 Å².